The molecule has 1 aliphatic carbocycles. The number of carbonyl (C=O) groups is 1. The smallest absolute Gasteiger partial charge is 0.307 e. The molecule has 0 aromatic rings. The molecule has 0 fully saturated rings. The van der Waals surface area contributed by atoms with Gasteiger partial charge >= 0.3 is 5.97 Å². The van der Waals surface area contributed by atoms with Crippen molar-refractivity contribution in [2.45, 2.75) is 32.6 Å². The van der Waals surface area contributed by atoms with E-state index < -0.39 is 5.97 Å². The molecule has 90 valence electrons. The van der Waals surface area contributed by atoms with Crippen molar-refractivity contribution in [2.75, 3.05) is 6.54 Å². The average molecular weight is 223 g/mol. The van der Waals surface area contributed by atoms with Crippen LogP contribution < -0.4 is 5.73 Å². The Morgan fingerprint density at radius 1 is 1.69 bits per heavy atom. The summed E-state index contributed by atoms with van der Waals surface area (Å²) >= 11 is 0. The van der Waals surface area contributed by atoms with Gasteiger partial charge in [-0.1, -0.05) is 30.7 Å². The zero-order valence-electron chi connectivity index (χ0n) is 9.86. The van der Waals surface area contributed by atoms with Gasteiger partial charge in [0.05, 0.1) is 5.92 Å². The van der Waals surface area contributed by atoms with Crippen LogP contribution in [0.4, 0.5) is 0 Å². The van der Waals surface area contributed by atoms with Gasteiger partial charge in [-0.25, -0.2) is 0 Å². The minimum Gasteiger partial charge on any atom is -0.481 e. The van der Waals surface area contributed by atoms with Crippen molar-refractivity contribution in [1.29, 1.82) is 0 Å². The van der Waals surface area contributed by atoms with Crippen molar-refractivity contribution in [3.8, 4) is 0 Å². The fraction of sp³-hybridized carbons (Fsp3) is 0.615. The van der Waals surface area contributed by atoms with E-state index in [1.807, 2.05) is 0 Å². The van der Waals surface area contributed by atoms with Crippen LogP contribution in [-0.2, 0) is 4.79 Å². The molecule has 2 atom stereocenters. The molecule has 3 nitrogen and oxygen atoms in total. The Balaban J connectivity index is 2.25. The minimum absolute atomic E-state index is 0.237. The van der Waals surface area contributed by atoms with E-state index in [4.69, 9.17) is 10.8 Å². The van der Waals surface area contributed by atoms with Crippen LogP contribution in [0.5, 0.6) is 0 Å². The molecule has 3 N–H and O–H groups in total. The standard InChI is InChI=1S/C13H21NO2/c1-10-5-7-11(8-6-10)3-2-4-12(9-14)13(15)16/h5,7-8,10,12H,2-4,6,9,14H2,1H3,(H,15,16). The van der Waals surface area contributed by atoms with E-state index in [0.717, 1.165) is 19.3 Å². The van der Waals surface area contributed by atoms with Gasteiger partial charge in [0.15, 0.2) is 0 Å². The molecule has 1 rings (SSSR count). The topological polar surface area (TPSA) is 63.3 Å². The summed E-state index contributed by atoms with van der Waals surface area (Å²) in [6.45, 7) is 2.43. The quantitative estimate of drug-likeness (QED) is 0.726. The molecule has 0 bridgehead atoms. The SMILES string of the molecule is CC1C=CC(CCCC(CN)C(=O)O)=CC1. The molecular weight excluding hydrogens is 202 g/mol. The maximum Gasteiger partial charge on any atom is 0.307 e. The van der Waals surface area contributed by atoms with Gasteiger partial charge in [0.1, 0.15) is 0 Å². The second-order valence-corrected chi connectivity index (χ2v) is 4.51. The predicted octanol–water partition coefficient (Wildman–Crippen LogP) is 2.34. The molecule has 0 spiro atoms. The third-order valence-electron chi connectivity index (χ3n) is 3.04. The lowest BCUT2D eigenvalue weighted by Crippen LogP contribution is -2.23. The monoisotopic (exact) mass is 223 g/mol. The van der Waals surface area contributed by atoms with Crippen molar-refractivity contribution in [3.05, 3.63) is 23.8 Å². The predicted molar refractivity (Wildman–Crippen MR) is 65.0 cm³/mol. The number of nitrogens with two attached hydrogens (primary N) is 1. The lowest BCUT2D eigenvalue weighted by Gasteiger charge is -2.13. The van der Waals surface area contributed by atoms with Crippen LogP contribution in [0.25, 0.3) is 0 Å². The molecule has 2 unspecified atom stereocenters. The van der Waals surface area contributed by atoms with E-state index in [1.165, 1.54) is 5.57 Å². The largest absolute Gasteiger partial charge is 0.481 e. The molecule has 0 amide bonds. The first kappa shape index (κ1) is 13.0. The molecule has 0 saturated carbocycles. The van der Waals surface area contributed by atoms with E-state index in [1.54, 1.807) is 0 Å². The summed E-state index contributed by atoms with van der Waals surface area (Å²) in [6.07, 6.45) is 10.3. The van der Waals surface area contributed by atoms with Gasteiger partial charge in [-0.05, 0) is 31.6 Å². The molecular formula is C13H21NO2. The summed E-state index contributed by atoms with van der Waals surface area (Å²) < 4.78 is 0. The highest BCUT2D eigenvalue weighted by Crippen LogP contribution is 2.20. The number of hydrogen-bond donors (Lipinski definition) is 2. The van der Waals surface area contributed by atoms with Gasteiger partial charge in [0.2, 0.25) is 0 Å². The van der Waals surface area contributed by atoms with Crippen LogP contribution >= 0.6 is 0 Å². The maximum absolute atomic E-state index is 10.7. The number of hydrogen-bond acceptors (Lipinski definition) is 2. The summed E-state index contributed by atoms with van der Waals surface area (Å²) in [7, 11) is 0. The van der Waals surface area contributed by atoms with Crippen LogP contribution in [0.2, 0.25) is 0 Å². The summed E-state index contributed by atoms with van der Waals surface area (Å²) in [4.78, 5) is 10.7. The van der Waals surface area contributed by atoms with Crippen molar-refractivity contribution in [3.63, 3.8) is 0 Å². The summed E-state index contributed by atoms with van der Waals surface area (Å²) in [5.41, 5.74) is 6.73. The molecule has 3 heteroatoms. The average Bonchev–Trinajstić information content (AvgIpc) is 2.26. The summed E-state index contributed by atoms with van der Waals surface area (Å²) in [6, 6.07) is 0. The van der Waals surface area contributed by atoms with Crippen LogP contribution in [0.1, 0.15) is 32.6 Å². The molecule has 0 aliphatic heterocycles. The van der Waals surface area contributed by atoms with Gasteiger partial charge < -0.3 is 10.8 Å². The highest BCUT2D eigenvalue weighted by atomic mass is 16.4. The number of carboxylic acid groups (broad SMARTS) is 1. The fourth-order valence-electron chi connectivity index (χ4n) is 1.85. The van der Waals surface area contributed by atoms with E-state index in [-0.39, 0.29) is 12.5 Å². The Morgan fingerprint density at radius 2 is 2.44 bits per heavy atom. The van der Waals surface area contributed by atoms with E-state index in [9.17, 15) is 4.79 Å². The second kappa shape index (κ2) is 6.48. The van der Waals surface area contributed by atoms with Crippen LogP contribution in [0, 0.1) is 11.8 Å². The highest BCUT2D eigenvalue weighted by Gasteiger charge is 2.14. The first-order valence-electron chi connectivity index (χ1n) is 5.93. The fourth-order valence-corrected chi connectivity index (χ4v) is 1.85. The van der Waals surface area contributed by atoms with Crippen molar-refractivity contribution in [1.82, 2.24) is 0 Å². The molecule has 0 aromatic heterocycles. The molecule has 0 saturated heterocycles. The van der Waals surface area contributed by atoms with Crippen LogP contribution in [-0.4, -0.2) is 17.6 Å². The molecule has 1 aliphatic rings. The van der Waals surface area contributed by atoms with Crippen molar-refractivity contribution < 1.29 is 9.90 Å². The van der Waals surface area contributed by atoms with Crippen LogP contribution in [0.3, 0.4) is 0 Å². The molecule has 0 aromatic carbocycles. The Kier molecular flexibility index (Phi) is 5.26. The van der Waals surface area contributed by atoms with Gasteiger partial charge in [0.25, 0.3) is 0 Å². The molecule has 16 heavy (non-hydrogen) atoms. The summed E-state index contributed by atoms with van der Waals surface area (Å²) in [5.74, 6) is -0.518. The summed E-state index contributed by atoms with van der Waals surface area (Å²) in [5, 5.41) is 8.84. The zero-order valence-corrected chi connectivity index (χ0v) is 9.86. The minimum atomic E-state index is -0.774. The van der Waals surface area contributed by atoms with E-state index in [0.29, 0.717) is 12.3 Å². The Labute approximate surface area is 97.0 Å². The number of aliphatic carboxylic acids is 1. The molecule has 0 heterocycles. The Hall–Kier alpha value is -1.09. The first-order valence-corrected chi connectivity index (χ1v) is 5.93. The van der Waals surface area contributed by atoms with Gasteiger partial charge in [-0.15, -0.1) is 0 Å². The Bertz CT molecular complexity index is 294. The molecule has 0 radical (unpaired) electrons. The van der Waals surface area contributed by atoms with Gasteiger partial charge in [-0.3, -0.25) is 4.79 Å². The number of allylic oxidation sites excluding steroid dienone is 4. The zero-order chi connectivity index (χ0) is 12.0. The van der Waals surface area contributed by atoms with Crippen molar-refractivity contribution >= 4 is 5.97 Å². The van der Waals surface area contributed by atoms with Gasteiger partial charge in [-0.2, -0.15) is 0 Å². The third-order valence-corrected chi connectivity index (χ3v) is 3.04. The highest BCUT2D eigenvalue weighted by molar-refractivity contribution is 5.70. The van der Waals surface area contributed by atoms with E-state index in [2.05, 4.69) is 25.2 Å². The maximum atomic E-state index is 10.7. The first-order chi connectivity index (χ1) is 7.63. The second-order valence-electron chi connectivity index (χ2n) is 4.51. The van der Waals surface area contributed by atoms with Crippen LogP contribution in [0.15, 0.2) is 23.8 Å². The lowest BCUT2D eigenvalue weighted by atomic mass is 9.94. The number of carboxylic acids is 1. The lowest BCUT2D eigenvalue weighted by molar-refractivity contribution is -0.141. The van der Waals surface area contributed by atoms with E-state index >= 15 is 0 Å². The third kappa shape index (κ3) is 4.19. The van der Waals surface area contributed by atoms with Gasteiger partial charge in [0, 0.05) is 6.54 Å². The number of rotatable bonds is 6. The Morgan fingerprint density at radius 3 is 2.94 bits per heavy atom. The normalized spacial score (nSPS) is 21.6. The van der Waals surface area contributed by atoms with Crippen molar-refractivity contribution in [2.24, 2.45) is 17.6 Å².